The molecule has 2 heterocycles. The number of aromatic nitrogens is 1. The van der Waals surface area contributed by atoms with Crippen LogP contribution in [0.15, 0.2) is 54.7 Å². The molecule has 2 aliphatic rings. The van der Waals surface area contributed by atoms with Crippen LogP contribution in [0.2, 0.25) is 0 Å². The summed E-state index contributed by atoms with van der Waals surface area (Å²) in [7, 11) is 0. The molecular formula is C21H26N3+. The molecule has 2 aromatic rings. The summed E-state index contributed by atoms with van der Waals surface area (Å²) in [6.45, 7) is 8.22. The predicted molar refractivity (Wildman–Crippen MR) is 98.4 cm³/mol. The highest BCUT2D eigenvalue weighted by Crippen LogP contribution is 2.52. The fourth-order valence-corrected chi connectivity index (χ4v) is 4.54. The standard InChI is InChI=1S/C21H26N3/c1-20(2)18-12-13-21(20,3)23(15-17-9-5-4-6-10-17)16-24(18)19-11-7-8-14-22-19/h4-11,14,16,18H,12-13,15H2,1-3H3/q+1/t18-,21+/m0/s1. The van der Waals surface area contributed by atoms with Gasteiger partial charge in [0.1, 0.15) is 18.1 Å². The molecule has 124 valence electrons. The number of pyridine rings is 1. The minimum absolute atomic E-state index is 0.179. The highest BCUT2D eigenvalue weighted by atomic mass is 15.3. The number of fused-ring (bicyclic) bond motifs is 2. The topological polar surface area (TPSA) is 19.1 Å². The van der Waals surface area contributed by atoms with Gasteiger partial charge in [0, 0.05) is 17.7 Å². The second-order valence-electron chi connectivity index (χ2n) is 7.87. The molecule has 1 aromatic heterocycles. The number of nitrogens with zero attached hydrogens (tertiary/aromatic N) is 3. The van der Waals surface area contributed by atoms with Gasteiger partial charge in [-0.3, -0.25) is 4.58 Å². The van der Waals surface area contributed by atoms with Crippen LogP contribution in [-0.2, 0) is 6.54 Å². The van der Waals surface area contributed by atoms with Gasteiger partial charge in [0.15, 0.2) is 0 Å². The Balaban J connectivity index is 1.79. The van der Waals surface area contributed by atoms with Crippen LogP contribution < -0.4 is 4.90 Å². The zero-order valence-corrected chi connectivity index (χ0v) is 14.8. The van der Waals surface area contributed by atoms with Crippen LogP contribution in [0.1, 0.15) is 39.2 Å². The predicted octanol–water partition coefficient (Wildman–Crippen LogP) is 4.09. The van der Waals surface area contributed by atoms with Gasteiger partial charge < -0.3 is 0 Å². The molecule has 1 fully saturated rings. The molecule has 2 atom stereocenters. The van der Waals surface area contributed by atoms with Crippen molar-refractivity contribution in [3.05, 3.63) is 60.3 Å². The highest BCUT2D eigenvalue weighted by molar-refractivity contribution is 5.76. The fraction of sp³-hybridized carbons (Fsp3) is 0.429. The van der Waals surface area contributed by atoms with Gasteiger partial charge in [0.25, 0.3) is 0 Å². The van der Waals surface area contributed by atoms with Crippen molar-refractivity contribution >= 4 is 12.2 Å². The lowest BCUT2D eigenvalue weighted by molar-refractivity contribution is -0.634. The Morgan fingerprint density at radius 1 is 1.08 bits per heavy atom. The van der Waals surface area contributed by atoms with E-state index in [0.29, 0.717) is 6.04 Å². The molecule has 0 unspecified atom stereocenters. The van der Waals surface area contributed by atoms with Gasteiger partial charge in [-0.15, -0.1) is 0 Å². The SMILES string of the molecule is CC1(C)[C@@H]2CC[C@@]1(C)[N+](Cc1ccccc1)=CN2c1ccccn1. The summed E-state index contributed by atoms with van der Waals surface area (Å²) in [4.78, 5) is 7.02. The van der Waals surface area contributed by atoms with Crippen molar-refractivity contribution in [3.63, 3.8) is 0 Å². The maximum atomic E-state index is 4.62. The van der Waals surface area contributed by atoms with E-state index in [4.69, 9.17) is 0 Å². The second-order valence-corrected chi connectivity index (χ2v) is 7.87. The monoisotopic (exact) mass is 320 g/mol. The highest BCUT2D eigenvalue weighted by Gasteiger charge is 2.63. The average molecular weight is 320 g/mol. The minimum Gasteiger partial charge on any atom is -0.258 e. The van der Waals surface area contributed by atoms with Crippen molar-refractivity contribution in [2.24, 2.45) is 5.41 Å². The molecule has 24 heavy (non-hydrogen) atoms. The Labute approximate surface area is 144 Å². The Kier molecular flexibility index (Phi) is 3.48. The zero-order valence-electron chi connectivity index (χ0n) is 14.8. The summed E-state index contributed by atoms with van der Waals surface area (Å²) in [5, 5.41) is 0. The van der Waals surface area contributed by atoms with Crippen LogP contribution in [-0.4, -0.2) is 27.5 Å². The Morgan fingerprint density at radius 2 is 1.83 bits per heavy atom. The Hall–Kier alpha value is -2.16. The van der Waals surface area contributed by atoms with E-state index in [0.717, 1.165) is 12.4 Å². The van der Waals surface area contributed by atoms with Crippen molar-refractivity contribution < 1.29 is 4.58 Å². The van der Waals surface area contributed by atoms with E-state index in [9.17, 15) is 0 Å². The Bertz CT molecular complexity index is 751. The molecule has 4 rings (SSSR count). The average Bonchev–Trinajstić information content (AvgIpc) is 2.74. The molecule has 3 heteroatoms. The quantitative estimate of drug-likeness (QED) is 0.793. The minimum atomic E-state index is 0.179. The van der Waals surface area contributed by atoms with Crippen LogP contribution in [0.25, 0.3) is 0 Å². The van der Waals surface area contributed by atoms with Crippen LogP contribution in [0.4, 0.5) is 5.82 Å². The van der Waals surface area contributed by atoms with Gasteiger partial charge in [-0.05, 0) is 31.4 Å². The van der Waals surface area contributed by atoms with E-state index in [-0.39, 0.29) is 11.0 Å². The van der Waals surface area contributed by atoms with Gasteiger partial charge in [0.05, 0.1) is 0 Å². The Morgan fingerprint density at radius 3 is 2.54 bits per heavy atom. The maximum Gasteiger partial charge on any atom is 0.241 e. The largest absolute Gasteiger partial charge is 0.258 e. The molecule has 2 bridgehead atoms. The summed E-state index contributed by atoms with van der Waals surface area (Å²) in [5.41, 5.74) is 1.74. The number of hydrogen-bond donors (Lipinski definition) is 0. The van der Waals surface area contributed by atoms with Crippen LogP contribution in [0.3, 0.4) is 0 Å². The molecule has 0 saturated heterocycles. The van der Waals surface area contributed by atoms with Gasteiger partial charge in [-0.25, -0.2) is 9.88 Å². The van der Waals surface area contributed by atoms with Crippen molar-refractivity contribution in [2.45, 2.75) is 51.7 Å². The number of benzene rings is 1. The van der Waals surface area contributed by atoms with Crippen molar-refractivity contribution in [1.29, 1.82) is 0 Å². The van der Waals surface area contributed by atoms with Crippen LogP contribution >= 0.6 is 0 Å². The molecule has 0 amide bonds. The lowest BCUT2D eigenvalue weighted by atomic mass is 9.72. The second kappa shape index (κ2) is 5.44. The third kappa shape index (κ3) is 2.18. The van der Waals surface area contributed by atoms with Crippen LogP contribution in [0, 0.1) is 5.41 Å². The molecule has 1 aliphatic carbocycles. The van der Waals surface area contributed by atoms with Gasteiger partial charge in [-0.2, -0.15) is 0 Å². The molecule has 3 nitrogen and oxygen atoms in total. The molecule has 0 N–H and O–H groups in total. The van der Waals surface area contributed by atoms with E-state index in [1.165, 1.54) is 18.4 Å². The summed E-state index contributed by atoms with van der Waals surface area (Å²) < 4.78 is 2.54. The molecule has 1 aromatic carbocycles. The summed E-state index contributed by atoms with van der Waals surface area (Å²) in [5.74, 6) is 1.05. The first-order valence-corrected chi connectivity index (χ1v) is 8.87. The third-order valence-corrected chi connectivity index (χ3v) is 6.47. The van der Waals surface area contributed by atoms with Gasteiger partial charge in [-0.1, -0.05) is 50.2 Å². The number of rotatable bonds is 3. The fourth-order valence-electron chi connectivity index (χ4n) is 4.54. The lowest BCUT2D eigenvalue weighted by Crippen LogP contribution is -2.61. The van der Waals surface area contributed by atoms with E-state index in [1.807, 2.05) is 12.3 Å². The molecule has 1 aliphatic heterocycles. The molecule has 1 saturated carbocycles. The first-order valence-electron chi connectivity index (χ1n) is 8.87. The molecule has 0 radical (unpaired) electrons. The van der Waals surface area contributed by atoms with E-state index in [1.54, 1.807) is 0 Å². The normalized spacial score (nSPS) is 27.9. The van der Waals surface area contributed by atoms with Gasteiger partial charge in [0.2, 0.25) is 12.2 Å². The number of hydrogen-bond acceptors (Lipinski definition) is 2. The summed E-state index contributed by atoms with van der Waals surface area (Å²) in [6, 6.07) is 17.5. The summed E-state index contributed by atoms with van der Waals surface area (Å²) >= 11 is 0. The maximum absolute atomic E-state index is 4.62. The first-order chi connectivity index (χ1) is 11.5. The number of anilines is 1. The van der Waals surface area contributed by atoms with Crippen LogP contribution in [0.5, 0.6) is 0 Å². The first kappa shape index (κ1) is 15.4. The van der Waals surface area contributed by atoms with E-state index in [2.05, 4.69) is 84.0 Å². The van der Waals surface area contributed by atoms with Crippen molar-refractivity contribution in [3.8, 4) is 0 Å². The third-order valence-electron chi connectivity index (χ3n) is 6.47. The van der Waals surface area contributed by atoms with Gasteiger partial charge >= 0.3 is 0 Å². The molecule has 0 spiro atoms. The van der Waals surface area contributed by atoms with Crippen molar-refractivity contribution in [1.82, 2.24) is 4.98 Å². The molecular weight excluding hydrogens is 294 g/mol. The zero-order chi connectivity index (χ0) is 16.8. The lowest BCUT2D eigenvalue weighted by Gasteiger charge is -2.45. The van der Waals surface area contributed by atoms with Crippen molar-refractivity contribution in [2.75, 3.05) is 4.90 Å². The summed E-state index contributed by atoms with van der Waals surface area (Å²) in [6.07, 6.45) is 6.64. The van der Waals surface area contributed by atoms with E-state index >= 15 is 0 Å². The smallest absolute Gasteiger partial charge is 0.241 e. The van der Waals surface area contributed by atoms with E-state index < -0.39 is 0 Å².